The Morgan fingerprint density at radius 2 is 2.07 bits per heavy atom. The lowest BCUT2D eigenvalue weighted by Gasteiger charge is -2.20. The molecule has 0 aromatic heterocycles. The molecule has 0 radical (unpaired) electrons. The van der Waals surface area contributed by atoms with Crippen LogP contribution >= 0.6 is 0 Å². The smallest absolute Gasteiger partial charge is 0.116 e. The molecule has 1 heterocycles. The normalized spacial score (nSPS) is 20.9. The molecule has 2 rings (SSSR count). The first-order chi connectivity index (χ1) is 6.90. The van der Waals surface area contributed by atoms with Gasteiger partial charge in [-0.05, 0) is 24.0 Å². The van der Waals surface area contributed by atoms with E-state index in [4.69, 9.17) is 4.74 Å². The van der Waals surface area contributed by atoms with Gasteiger partial charge in [0.05, 0.1) is 6.26 Å². The van der Waals surface area contributed by atoms with E-state index in [1.54, 1.807) is 0 Å². The van der Waals surface area contributed by atoms with Crippen LogP contribution in [0.5, 0.6) is 0 Å². The van der Waals surface area contributed by atoms with Gasteiger partial charge in [-0.15, -0.1) is 0 Å². The predicted octanol–water partition coefficient (Wildman–Crippen LogP) is 3.39. The first kappa shape index (κ1) is 9.07. The molecule has 0 amide bonds. The van der Waals surface area contributed by atoms with E-state index in [1.165, 1.54) is 11.1 Å². The maximum atomic E-state index is 5.51. The Morgan fingerprint density at radius 1 is 1.29 bits per heavy atom. The standard InChI is InChI=1S/C13H14O/c1-2-13-9-8-12(10-14-13)11-6-4-3-5-7-11/h2-7,10,13H,1,8-9H2/t13-/m0/s1. The van der Waals surface area contributed by atoms with Crippen LogP contribution < -0.4 is 0 Å². The summed E-state index contributed by atoms with van der Waals surface area (Å²) in [6.07, 6.45) is 6.02. The second-order valence-electron chi connectivity index (χ2n) is 3.46. The molecule has 0 unspecified atom stereocenters. The van der Waals surface area contributed by atoms with Crippen molar-refractivity contribution in [2.75, 3.05) is 0 Å². The maximum Gasteiger partial charge on any atom is 0.116 e. The van der Waals surface area contributed by atoms with E-state index in [9.17, 15) is 0 Å². The van der Waals surface area contributed by atoms with Gasteiger partial charge in [-0.25, -0.2) is 0 Å². The van der Waals surface area contributed by atoms with Crippen LogP contribution in [0.25, 0.3) is 5.57 Å². The zero-order valence-electron chi connectivity index (χ0n) is 8.15. The van der Waals surface area contributed by atoms with Crippen molar-refractivity contribution in [3.8, 4) is 0 Å². The molecule has 1 aromatic rings. The molecule has 0 bridgehead atoms. The van der Waals surface area contributed by atoms with Crippen LogP contribution in [0.3, 0.4) is 0 Å². The Morgan fingerprint density at radius 3 is 2.64 bits per heavy atom. The third kappa shape index (κ3) is 1.87. The van der Waals surface area contributed by atoms with Crippen LogP contribution in [0.15, 0.2) is 49.2 Å². The molecule has 1 nitrogen and oxygen atoms in total. The minimum absolute atomic E-state index is 0.197. The van der Waals surface area contributed by atoms with Crippen LogP contribution in [-0.2, 0) is 4.74 Å². The van der Waals surface area contributed by atoms with Crippen molar-refractivity contribution in [3.05, 3.63) is 54.8 Å². The van der Waals surface area contributed by atoms with Gasteiger partial charge in [0.15, 0.2) is 0 Å². The van der Waals surface area contributed by atoms with Crippen LogP contribution in [0.2, 0.25) is 0 Å². The third-order valence-corrected chi connectivity index (χ3v) is 2.49. The molecule has 1 aliphatic heterocycles. The molecule has 1 aromatic carbocycles. The van der Waals surface area contributed by atoms with Crippen LogP contribution in [0, 0.1) is 0 Å². The minimum atomic E-state index is 0.197. The number of ether oxygens (including phenoxy) is 1. The van der Waals surface area contributed by atoms with Gasteiger partial charge in [0, 0.05) is 0 Å². The minimum Gasteiger partial charge on any atom is -0.494 e. The third-order valence-electron chi connectivity index (χ3n) is 2.49. The lowest BCUT2D eigenvalue weighted by atomic mass is 9.99. The summed E-state index contributed by atoms with van der Waals surface area (Å²) in [6.45, 7) is 3.73. The zero-order chi connectivity index (χ0) is 9.80. The largest absolute Gasteiger partial charge is 0.494 e. The fourth-order valence-electron chi connectivity index (χ4n) is 1.63. The monoisotopic (exact) mass is 186 g/mol. The highest BCUT2D eigenvalue weighted by Crippen LogP contribution is 2.26. The Labute approximate surface area is 84.7 Å². The van der Waals surface area contributed by atoms with Gasteiger partial charge in [-0.3, -0.25) is 0 Å². The average Bonchev–Trinajstić information content (AvgIpc) is 2.30. The Balaban J connectivity index is 2.14. The predicted molar refractivity (Wildman–Crippen MR) is 58.7 cm³/mol. The van der Waals surface area contributed by atoms with Crippen molar-refractivity contribution in [3.63, 3.8) is 0 Å². The van der Waals surface area contributed by atoms with Gasteiger partial charge in [0.25, 0.3) is 0 Å². The van der Waals surface area contributed by atoms with E-state index >= 15 is 0 Å². The second kappa shape index (κ2) is 4.14. The molecule has 1 atom stereocenters. The molecule has 1 heteroatoms. The van der Waals surface area contributed by atoms with Crippen molar-refractivity contribution < 1.29 is 4.74 Å². The summed E-state index contributed by atoms with van der Waals surface area (Å²) in [7, 11) is 0. The molecule has 0 aliphatic carbocycles. The molecular weight excluding hydrogens is 172 g/mol. The van der Waals surface area contributed by atoms with Crippen LogP contribution in [-0.4, -0.2) is 6.10 Å². The van der Waals surface area contributed by atoms with Gasteiger partial charge in [-0.2, -0.15) is 0 Å². The van der Waals surface area contributed by atoms with E-state index in [-0.39, 0.29) is 6.10 Å². The number of hydrogen-bond donors (Lipinski definition) is 0. The van der Waals surface area contributed by atoms with E-state index in [2.05, 4.69) is 30.8 Å². The Bertz CT molecular complexity index is 338. The summed E-state index contributed by atoms with van der Waals surface area (Å²) in [5.74, 6) is 0. The Kier molecular flexibility index (Phi) is 2.68. The van der Waals surface area contributed by atoms with Crippen molar-refractivity contribution in [2.24, 2.45) is 0 Å². The van der Waals surface area contributed by atoms with Gasteiger partial charge < -0.3 is 4.74 Å². The van der Waals surface area contributed by atoms with E-state index in [0.717, 1.165) is 12.8 Å². The molecular formula is C13H14O. The molecule has 0 spiro atoms. The topological polar surface area (TPSA) is 9.23 Å². The van der Waals surface area contributed by atoms with Gasteiger partial charge >= 0.3 is 0 Å². The lowest BCUT2D eigenvalue weighted by Crippen LogP contribution is -2.10. The van der Waals surface area contributed by atoms with Crippen molar-refractivity contribution in [2.45, 2.75) is 18.9 Å². The van der Waals surface area contributed by atoms with Crippen molar-refractivity contribution >= 4 is 5.57 Å². The second-order valence-corrected chi connectivity index (χ2v) is 3.46. The first-order valence-electron chi connectivity index (χ1n) is 4.92. The van der Waals surface area contributed by atoms with Crippen LogP contribution in [0.4, 0.5) is 0 Å². The van der Waals surface area contributed by atoms with E-state index in [0.29, 0.717) is 0 Å². The Hall–Kier alpha value is -1.50. The highest BCUT2D eigenvalue weighted by molar-refractivity contribution is 5.65. The van der Waals surface area contributed by atoms with Crippen LogP contribution in [0.1, 0.15) is 18.4 Å². The average molecular weight is 186 g/mol. The summed E-state index contributed by atoms with van der Waals surface area (Å²) < 4.78 is 5.51. The molecule has 0 N–H and O–H groups in total. The number of benzene rings is 1. The van der Waals surface area contributed by atoms with Gasteiger partial charge in [0.1, 0.15) is 6.10 Å². The highest BCUT2D eigenvalue weighted by Gasteiger charge is 2.12. The van der Waals surface area contributed by atoms with E-state index < -0.39 is 0 Å². The summed E-state index contributed by atoms with van der Waals surface area (Å²) >= 11 is 0. The zero-order valence-corrected chi connectivity index (χ0v) is 8.15. The fraction of sp³-hybridized carbons (Fsp3) is 0.231. The van der Waals surface area contributed by atoms with Gasteiger partial charge in [0.2, 0.25) is 0 Å². The quantitative estimate of drug-likeness (QED) is 0.643. The molecule has 0 saturated heterocycles. The summed E-state index contributed by atoms with van der Waals surface area (Å²) in [6, 6.07) is 10.4. The van der Waals surface area contributed by atoms with Crippen molar-refractivity contribution in [1.29, 1.82) is 0 Å². The SMILES string of the molecule is C=C[C@H]1CCC(c2ccccc2)=CO1. The lowest BCUT2D eigenvalue weighted by molar-refractivity contribution is 0.169. The van der Waals surface area contributed by atoms with E-state index in [1.807, 2.05) is 18.4 Å². The van der Waals surface area contributed by atoms with Gasteiger partial charge in [-0.1, -0.05) is 43.0 Å². The molecule has 14 heavy (non-hydrogen) atoms. The van der Waals surface area contributed by atoms with Crippen molar-refractivity contribution in [1.82, 2.24) is 0 Å². The fourth-order valence-corrected chi connectivity index (χ4v) is 1.63. The molecule has 72 valence electrons. The summed E-state index contributed by atoms with van der Waals surface area (Å²) in [4.78, 5) is 0. The summed E-state index contributed by atoms with van der Waals surface area (Å²) in [5.41, 5.74) is 2.54. The summed E-state index contributed by atoms with van der Waals surface area (Å²) in [5, 5.41) is 0. The number of allylic oxidation sites excluding steroid dienone is 1. The number of hydrogen-bond acceptors (Lipinski definition) is 1. The molecule has 0 saturated carbocycles. The first-order valence-corrected chi connectivity index (χ1v) is 4.92. The number of rotatable bonds is 2. The molecule has 1 aliphatic rings. The maximum absolute atomic E-state index is 5.51. The highest BCUT2D eigenvalue weighted by atomic mass is 16.5. The molecule has 0 fully saturated rings.